The van der Waals surface area contributed by atoms with Crippen molar-refractivity contribution in [1.82, 2.24) is 0 Å². The molecule has 104 valence electrons. The Morgan fingerprint density at radius 2 is 1.95 bits per heavy atom. The second-order valence-electron chi connectivity index (χ2n) is 3.94. The van der Waals surface area contributed by atoms with Gasteiger partial charge in [-0.2, -0.15) is 0 Å². The van der Waals surface area contributed by atoms with Crippen LogP contribution in [0.3, 0.4) is 0 Å². The molecule has 1 N–H and O–H groups in total. The van der Waals surface area contributed by atoms with Crippen LogP contribution in [0.4, 0.5) is 4.39 Å². The molecule has 0 fully saturated rings. The van der Waals surface area contributed by atoms with E-state index in [0.717, 1.165) is 0 Å². The Balaban J connectivity index is 2.19. The van der Waals surface area contributed by atoms with Crippen molar-refractivity contribution in [3.8, 4) is 0 Å². The van der Waals surface area contributed by atoms with Crippen LogP contribution in [0.15, 0.2) is 41.3 Å². The third-order valence-electron chi connectivity index (χ3n) is 2.61. The predicted molar refractivity (Wildman–Crippen MR) is 79.4 cm³/mol. The van der Waals surface area contributed by atoms with Gasteiger partial charge < -0.3 is 5.11 Å². The van der Waals surface area contributed by atoms with E-state index in [4.69, 9.17) is 28.3 Å². The molecule has 0 unspecified atom stereocenters. The van der Waals surface area contributed by atoms with Gasteiger partial charge in [-0.3, -0.25) is 0 Å². The lowest BCUT2D eigenvalue weighted by molar-refractivity contribution is 0.0697. The highest BCUT2D eigenvalue weighted by molar-refractivity contribution is 7.98. The number of benzene rings is 2. The summed E-state index contributed by atoms with van der Waals surface area (Å²) in [5.41, 5.74) is 0.419. The molecule has 0 saturated heterocycles. The highest BCUT2D eigenvalue weighted by atomic mass is 35.5. The molecule has 0 saturated carbocycles. The Hall–Kier alpha value is -1.23. The molecule has 0 amide bonds. The summed E-state index contributed by atoms with van der Waals surface area (Å²) in [6, 6.07) is 9.16. The largest absolute Gasteiger partial charge is 0.478 e. The summed E-state index contributed by atoms with van der Waals surface area (Å²) in [4.78, 5) is 11.7. The van der Waals surface area contributed by atoms with E-state index in [1.807, 2.05) is 0 Å². The summed E-state index contributed by atoms with van der Waals surface area (Å²) in [7, 11) is 0. The predicted octanol–water partition coefficient (Wildman–Crippen LogP) is 5.12. The van der Waals surface area contributed by atoms with E-state index in [1.165, 1.54) is 36.0 Å². The third-order valence-corrected chi connectivity index (χ3v) is 4.32. The molecule has 0 aliphatic rings. The minimum Gasteiger partial charge on any atom is -0.478 e. The number of carboxylic acids is 1. The average Bonchev–Trinajstić information content (AvgIpc) is 2.39. The number of carboxylic acid groups (broad SMARTS) is 1. The maximum Gasteiger partial charge on any atom is 0.337 e. The molecule has 0 bridgehead atoms. The SMILES string of the molecule is O=C(O)c1cc(SCc2c(F)cccc2Cl)ccc1Cl. The topological polar surface area (TPSA) is 37.3 Å². The van der Waals surface area contributed by atoms with Crippen molar-refractivity contribution in [2.45, 2.75) is 10.6 Å². The number of carbonyl (C=O) groups is 1. The molecule has 0 atom stereocenters. The lowest BCUT2D eigenvalue weighted by atomic mass is 10.2. The molecule has 6 heteroatoms. The molecule has 2 nitrogen and oxygen atoms in total. The first-order valence-corrected chi connectivity index (χ1v) is 7.31. The quantitative estimate of drug-likeness (QED) is 0.790. The van der Waals surface area contributed by atoms with Crippen molar-refractivity contribution < 1.29 is 14.3 Å². The van der Waals surface area contributed by atoms with Gasteiger partial charge in [0.15, 0.2) is 0 Å². The average molecular weight is 331 g/mol. The Morgan fingerprint density at radius 3 is 2.60 bits per heavy atom. The first-order valence-electron chi connectivity index (χ1n) is 5.57. The summed E-state index contributed by atoms with van der Waals surface area (Å²) in [5.74, 6) is -1.16. The van der Waals surface area contributed by atoms with Crippen LogP contribution in [0.25, 0.3) is 0 Å². The van der Waals surface area contributed by atoms with Crippen LogP contribution in [-0.2, 0) is 5.75 Å². The van der Waals surface area contributed by atoms with Gasteiger partial charge in [0, 0.05) is 21.2 Å². The molecular formula is C14H9Cl2FO2S. The van der Waals surface area contributed by atoms with Gasteiger partial charge in [0.1, 0.15) is 5.82 Å². The second-order valence-corrected chi connectivity index (χ2v) is 5.80. The van der Waals surface area contributed by atoms with E-state index >= 15 is 0 Å². The lowest BCUT2D eigenvalue weighted by Crippen LogP contribution is -1.97. The molecule has 0 radical (unpaired) electrons. The van der Waals surface area contributed by atoms with Crippen LogP contribution in [0.1, 0.15) is 15.9 Å². The first-order chi connectivity index (χ1) is 9.49. The molecule has 0 heterocycles. The van der Waals surface area contributed by atoms with Gasteiger partial charge in [-0.15, -0.1) is 11.8 Å². The number of rotatable bonds is 4. The lowest BCUT2D eigenvalue weighted by Gasteiger charge is -2.07. The second kappa shape index (κ2) is 6.48. The highest BCUT2D eigenvalue weighted by Gasteiger charge is 2.11. The number of hydrogen-bond donors (Lipinski definition) is 1. The van der Waals surface area contributed by atoms with Gasteiger partial charge in [0.25, 0.3) is 0 Å². The van der Waals surface area contributed by atoms with E-state index in [9.17, 15) is 9.18 Å². The fourth-order valence-corrected chi connectivity index (χ4v) is 3.06. The van der Waals surface area contributed by atoms with Crippen LogP contribution in [0.2, 0.25) is 10.0 Å². The van der Waals surface area contributed by atoms with Crippen molar-refractivity contribution in [2.75, 3.05) is 0 Å². The minimum absolute atomic E-state index is 0.0243. The fraction of sp³-hybridized carbons (Fsp3) is 0.0714. The Morgan fingerprint density at radius 1 is 1.20 bits per heavy atom. The molecule has 0 spiro atoms. The number of halogens is 3. The minimum atomic E-state index is -1.10. The summed E-state index contributed by atoms with van der Waals surface area (Å²) in [6.07, 6.45) is 0. The zero-order valence-corrected chi connectivity index (χ0v) is 12.4. The van der Waals surface area contributed by atoms with Crippen LogP contribution in [-0.4, -0.2) is 11.1 Å². The number of hydrogen-bond acceptors (Lipinski definition) is 2. The van der Waals surface area contributed by atoms with Gasteiger partial charge in [-0.25, -0.2) is 9.18 Å². The summed E-state index contributed by atoms with van der Waals surface area (Å²) < 4.78 is 13.6. The van der Waals surface area contributed by atoms with Gasteiger partial charge in [0.05, 0.1) is 10.6 Å². The Bertz CT molecular complexity index is 641. The number of thioether (sulfide) groups is 1. The molecule has 20 heavy (non-hydrogen) atoms. The van der Waals surface area contributed by atoms with E-state index in [0.29, 0.717) is 21.2 Å². The summed E-state index contributed by atoms with van der Waals surface area (Å²) >= 11 is 13.0. The van der Waals surface area contributed by atoms with Crippen LogP contribution in [0, 0.1) is 5.82 Å². The van der Waals surface area contributed by atoms with Crippen molar-refractivity contribution >= 4 is 40.9 Å². The van der Waals surface area contributed by atoms with E-state index in [2.05, 4.69) is 0 Å². The first kappa shape index (κ1) is 15.2. The molecule has 0 aliphatic carbocycles. The molecule has 0 aromatic heterocycles. The van der Waals surface area contributed by atoms with Gasteiger partial charge >= 0.3 is 5.97 Å². The smallest absolute Gasteiger partial charge is 0.337 e. The van der Waals surface area contributed by atoms with E-state index in [1.54, 1.807) is 12.1 Å². The maximum atomic E-state index is 13.6. The van der Waals surface area contributed by atoms with Crippen LogP contribution in [0.5, 0.6) is 0 Å². The van der Waals surface area contributed by atoms with Gasteiger partial charge in [-0.1, -0.05) is 29.3 Å². The zero-order chi connectivity index (χ0) is 14.7. The summed E-state index contributed by atoms with van der Waals surface area (Å²) in [6.45, 7) is 0. The third kappa shape index (κ3) is 3.45. The van der Waals surface area contributed by atoms with E-state index in [-0.39, 0.29) is 16.4 Å². The normalized spacial score (nSPS) is 10.6. The van der Waals surface area contributed by atoms with Crippen LogP contribution < -0.4 is 0 Å². The molecule has 0 aliphatic heterocycles. The van der Waals surface area contributed by atoms with E-state index < -0.39 is 5.97 Å². The van der Waals surface area contributed by atoms with Crippen molar-refractivity contribution in [3.05, 3.63) is 63.4 Å². The Kier molecular flexibility index (Phi) is 4.91. The summed E-state index contributed by atoms with van der Waals surface area (Å²) in [5, 5.41) is 9.51. The van der Waals surface area contributed by atoms with Crippen molar-refractivity contribution in [1.29, 1.82) is 0 Å². The fourth-order valence-electron chi connectivity index (χ4n) is 1.58. The maximum absolute atomic E-state index is 13.6. The highest BCUT2D eigenvalue weighted by Crippen LogP contribution is 2.30. The van der Waals surface area contributed by atoms with Crippen molar-refractivity contribution in [2.24, 2.45) is 0 Å². The van der Waals surface area contributed by atoms with Gasteiger partial charge in [-0.05, 0) is 30.3 Å². The number of aromatic carboxylic acids is 1. The van der Waals surface area contributed by atoms with Crippen LogP contribution >= 0.6 is 35.0 Å². The van der Waals surface area contributed by atoms with Crippen molar-refractivity contribution in [3.63, 3.8) is 0 Å². The molecular weight excluding hydrogens is 322 g/mol. The van der Waals surface area contributed by atoms with Gasteiger partial charge in [0.2, 0.25) is 0 Å². The molecule has 2 aromatic carbocycles. The zero-order valence-electron chi connectivity index (χ0n) is 10.1. The monoisotopic (exact) mass is 330 g/mol. The molecule has 2 rings (SSSR count). The standard InChI is InChI=1S/C14H9Cl2FO2S/c15-11-2-1-3-13(17)10(11)7-20-8-4-5-12(16)9(6-8)14(18)19/h1-6H,7H2,(H,18,19). The Labute approximate surface area is 129 Å². The molecule has 2 aromatic rings.